The Bertz CT molecular complexity index is 901. The maximum atomic E-state index is 13.1. The van der Waals surface area contributed by atoms with E-state index in [2.05, 4.69) is 17.1 Å². The predicted octanol–water partition coefficient (Wildman–Crippen LogP) is 0.139. The molecule has 3 heterocycles. The van der Waals surface area contributed by atoms with Gasteiger partial charge < -0.3 is 14.7 Å². The van der Waals surface area contributed by atoms with Crippen LogP contribution in [0.25, 0.3) is 0 Å². The summed E-state index contributed by atoms with van der Waals surface area (Å²) in [6.45, 7) is 10.3. The van der Waals surface area contributed by atoms with E-state index in [1.165, 1.54) is 4.31 Å². The smallest absolute Gasteiger partial charge is 0.248 e. The number of aromatic nitrogens is 1. The van der Waals surface area contributed by atoms with E-state index in [1.54, 1.807) is 24.8 Å². The lowest BCUT2D eigenvalue weighted by atomic mass is 9.98. The van der Waals surface area contributed by atoms with Gasteiger partial charge in [0.05, 0.1) is 12.5 Å². The molecule has 2 aliphatic rings. The molecule has 2 saturated heterocycles. The molecule has 10 nitrogen and oxygen atoms in total. The second kappa shape index (κ2) is 9.92. The van der Waals surface area contributed by atoms with Crippen molar-refractivity contribution in [2.45, 2.75) is 31.6 Å². The first-order valence-electron chi connectivity index (χ1n) is 10.6. The largest absolute Gasteiger partial charge is 0.360 e. The van der Waals surface area contributed by atoms with Crippen LogP contribution in [-0.4, -0.2) is 91.9 Å². The highest BCUT2D eigenvalue weighted by Gasteiger charge is 2.38. The van der Waals surface area contributed by atoms with Crippen LogP contribution in [0.2, 0.25) is 0 Å². The molecule has 11 heteroatoms. The number of hydrogen-bond donors (Lipinski definition) is 1. The summed E-state index contributed by atoms with van der Waals surface area (Å²) in [7, 11) is -3.76. The number of rotatable bonds is 7. The molecule has 0 bridgehead atoms. The van der Waals surface area contributed by atoms with Gasteiger partial charge in [-0.05, 0) is 26.7 Å². The molecule has 2 amide bonds. The number of nitrogens with zero attached hydrogens (tertiary/aromatic N) is 4. The van der Waals surface area contributed by atoms with Crippen molar-refractivity contribution in [2.75, 3.05) is 52.4 Å². The van der Waals surface area contributed by atoms with Gasteiger partial charge in [0.2, 0.25) is 21.8 Å². The molecule has 1 N–H and O–H groups in total. The highest BCUT2D eigenvalue weighted by atomic mass is 32.2. The van der Waals surface area contributed by atoms with Gasteiger partial charge in [0, 0.05) is 45.8 Å². The lowest BCUT2D eigenvalue weighted by Gasteiger charge is -2.38. The Hall–Kier alpha value is -2.24. The zero-order valence-electron chi connectivity index (χ0n) is 18.2. The Morgan fingerprint density at radius 3 is 2.55 bits per heavy atom. The highest BCUT2D eigenvalue weighted by Crippen LogP contribution is 2.28. The average molecular weight is 454 g/mol. The van der Waals surface area contributed by atoms with E-state index in [9.17, 15) is 18.0 Å². The van der Waals surface area contributed by atoms with Crippen LogP contribution in [0.5, 0.6) is 0 Å². The van der Waals surface area contributed by atoms with Gasteiger partial charge in [0.15, 0.2) is 5.76 Å². The van der Waals surface area contributed by atoms with E-state index >= 15 is 0 Å². The molecule has 2 fully saturated rings. The summed E-state index contributed by atoms with van der Waals surface area (Å²) >= 11 is 0. The molecule has 0 radical (unpaired) electrons. The molecule has 0 spiro atoms. The monoisotopic (exact) mass is 453 g/mol. The molecule has 0 saturated carbocycles. The zero-order valence-corrected chi connectivity index (χ0v) is 19.0. The van der Waals surface area contributed by atoms with Gasteiger partial charge in [0.25, 0.3) is 0 Å². The molecular weight excluding hydrogens is 422 g/mol. The van der Waals surface area contributed by atoms with Crippen LogP contribution in [-0.2, 0) is 19.6 Å². The Balaban J connectivity index is 1.57. The second-order valence-electron chi connectivity index (χ2n) is 8.05. The Morgan fingerprint density at radius 1 is 1.23 bits per heavy atom. The van der Waals surface area contributed by atoms with Gasteiger partial charge in [-0.2, -0.15) is 4.31 Å². The van der Waals surface area contributed by atoms with Crippen molar-refractivity contribution < 1.29 is 22.5 Å². The SMILES string of the molecule is C=CCNC(=O)CN1CCN(C(=O)C2CCCN(S(=O)(=O)c3c(C)noc3C)C2)CC1. The van der Waals surface area contributed by atoms with Crippen molar-refractivity contribution >= 4 is 21.8 Å². The number of aryl methyl sites for hydroxylation is 2. The summed E-state index contributed by atoms with van der Waals surface area (Å²) in [5.41, 5.74) is 0.333. The first-order chi connectivity index (χ1) is 14.7. The van der Waals surface area contributed by atoms with Gasteiger partial charge in [-0.25, -0.2) is 8.42 Å². The third-order valence-corrected chi connectivity index (χ3v) is 7.90. The molecule has 0 aromatic carbocycles. The molecule has 1 aromatic heterocycles. The van der Waals surface area contributed by atoms with E-state index in [0.29, 0.717) is 64.3 Å². The number of piperidine rings is 1. The fraction of sp³-hybridized carbons (Fsp3) is 0.650. The van der Waals surface area contributed by atoms with Crippen LogP contribution in [0, 0.1) is 19.8 Å². The number of hydrogen-bond acceptors (Lipinski definition) is 7. The molecular formula is C20H31N5O5S. The Kier molecular flexibility index (Phi) is 7.50. The third-order valence-electron chi connectivity index (χ3n) is 5.79. The van der Waals surface area contributed by atoms with Crippen LogP contribution in [0.4, 0.5) is 0 Å². The van der Waals surface area contributed by atoms with Gasteiger partial charge >= 0.3 is 0 Å². The highest BCUT2D eigenvalue weighted by molar-refractivity contribution is 7.89. The molecule has 3 rings (SSSR count). The topological polar surface area (TPSA) is 116 Å². The third kappa shape index (κ3) is 5.34. The fourth-order valence-corrected chi connectivity index (χ4v) is 5.98. The van der Waals surface area contributed by atoms with Gasteiger partial charge in [0.1, 0.15) is 10.6 Å². The van der Waals surface area contributed by atoms with E-state index in [1.807, 2.05) is 4.90 Å². The molecule has 1 atom stereocenters. The second-order valence-corrected chi connectivity index (χ2v) is 9.92. The Morgan fingerprint density at radius 2 is 1.94 bits per heavy atom. The summed E-state index contributed by atoms with van der Waals surface area (Å²) in [5, 5.41) is 6.51. The van der Waals surface area contributed by atoms with Crippen molar-refractivity contribution in [3.63, 3.8) is 0 Å². The molecule has 0 aliphatic carbocycles. The van der Waals surface area contributed by atoms with Crippen LogP contribution in [0.15, 0.2) is 22.1 Å². The van der Waals surface area contributed by atoms with Gasteiger partial charge in [-0.3, -0.25) is 14.5 Å². The number of sulfonamides is 1. The zero-order chi connectivity index (χ0) is 22.6. The minimum atomic E-state index is -3.76. The average Bonchev–Trinajstić information content (AvgIpc) is 3.11. The predicted molar refractivity (Wildman–Crippen MR) is 114 cm³/mol. The molecule has 31 heavy (non-hydrogen) atoms. The number of nitrogens with one attached hydrogen (secondary N) is 1. The van der Waals surface area contributed by atoms with Crippen molar-refractivity contribution in [3.8, 4) is 0 Å². The van der Waals surface area contributed by atoms with Gasteiger partial charge in [-0.15, -0.1) is 6.58 Å². The normalized spacial score (nSPS) is 21.1. The minimum Gasteiger partial charge on any atom is -0.360 e. The number of carbonyl (C=O) groups excluding carboxylic acids is 2. The van der Waals surface area contributed by atoms with Gasteiger partial charge in [-0.1, -0.05) is 11.2 Å². The molecule has 172 valence electrons. The Labute approximate surface area is 183 Å². The fourth-order valence-electron chi connectivity index (χ4n) is 4.16. The van der Waals surface area contributed by atoms with Crippen LogP contribution in [0.3, 0.4) is 0 Å². The van der Waals surface area contributed by atoms with Crippen molar-refractivity contribution in [1.82, 2.24) is 24.6 Å². The minimum absolute atomic E-state index is 0.0191. The molecule has 1 aromatic rings. The first-order valence-corrected chi connectivity index (χ1v) is 12.0. The maximum Gasteiger partial charge on any atom is 0.248 e. The van der Waals surface area contributed by atoms with Crippen molar-refractivity contribution in [2.24, 2.45) is 5.92 Å². The summed E-state index contributed by atoms with van der Waals surface area (Å²) in [5.74, 6) is -0.188. The molecule has 2 aliphatic heterocycles. The lowest BCUT2D eigenvalue weighted by Crippen LogP contribution is -2.54. The van der Waals surface area contributed by atoms with E-state index in [4.69, 9.17) is 4.52 Å². The number of amides is 2. The molecule has 1 unspecified atom stereocenters. The maximum absolute atomic E-state index is 13.1. The number of piperazine rings is 1. The summed E-state index contributed by atoms with van der Waals surface area (Å²) in [6, 6.07) is 0. The summed E-state index contributed by atoms with van der Waals surface area (Å²) in [4.78, 5) is 28.8. The lowest BCUT2D eigenvalue weighted by molar-refractivity contribution is -0.138. The first kappa shape index (κ1) is 23.4. The summed E-state index contributed by atoms with van der Waals surface area (Å²) in [6.07, 6.45) is 2.92. The van der Waals surface area contributed by atoms with Crippen LogP contribution >= 0.6 is 0 Å². The van der Waals surface area contributed by atoms with Crippen molar-refractivity contribution in [3.05, 3.63) is 24.1 Å². The number of carbonyl (C=O) groups is 2. The van der Waals surface area contributed by atoms with Crippen molar-refractivity contribution in [1.29, 1.82) is 0 Å². The van der Waals surface area contributed by atoms with E-state index < -0.39 is 10.0 Å². The van der Waals surface area contributed by atoms with E-state index in [0.717, 1.165) is 0 Å². The van der Waals surface area contributed by atoms with Crippen LogP contribution < -0.4 is 5.32 Å². The summed E-state index contributed by atoms with van der Waals surface area (Å²) < 4.78 is 32.6. The van der Waals surface area contributed by atoms with Crippen LogP contribution in [0.1, 0.15) is 24.3 Å². The quantitative estimate of drug-likeness (QED) is 0.584. The standard InChI is InChI=1S/C20H31N5O5S/c1-4-7-21-18(26)14-23-9-11-24(12-10-23)20(27)17-6-5-8-25(13-17)31(28,29)19-15(2)22-30-16(19)3/h4,17H,1,5-14H2,2-3H3,(H,21,26). The van der Waals surface area contributed by atoms with E-state index in [-0.39, 0.29) is 34.9 Å².